The van der Waals surface area contributed by atoms with Crippen LogP contribution >= 0.6 is 0 Å². The van der Waals surface area contributed by atoms with E-state index in [0.29, 0.717) is 12.8 Å². The molecule has 0 aromatic heterocycles. The summed E-state index contributed by atoms with van der Waals surface area (Å²) >= 11 is 0. The Morgan fingerprint density at radius 2 is 1.03 bits per heavy atom. The highest BCUT2D eigenvalue weighted by molar-refractivity contribution is 7.85. The van der Waals surface area contributed by atoms with E-state index in [1.54, 1.807) is 0 Å². The second-order valence-corrected chi connectivity index (χ2v) is 17.2. The predicted octanol–water partition coefficient (Wildman–Crippen LogP) is 9.00. The monoisotopic (exact) mass is 845 g/mol. The highest BCUT2D eigenvalue weighted by atomic mass is 32.2. The molecule has 1 saturated heterocycles. The van der Waals surface area contributed by atoms with E-state index in [2.05, 4.69) is 50.3 Å². The lowest BCUT2D eigenvalue weighted by molar-refractivity contribution is -0.297. The van der Waals surface area contributed by atoms with Crippen LogP contribution < -0.4 is 0 Å². The topological polar surface area (TPSA) is 186 Å². The molecule has 0 spiro atoms. The van der Waals surface area contributed by atoms with Crippen molar-refractivity contribution in [3.8, 4) is 0 Å². The first-order valence-electron chi connectivity index (χ1n) is 22.5. The average molecular weight is 845 g/mol. The van der Waals surface area contributed by atoms with Crippen LogP contribution in [0.2, 0.25) is 0 Å². The zero-order chi connectivity index (χ0) is 42.7. The molecule has 12 nitrogen and oxygen atoms in total. The molecule has 0 aliphatic carbocycles. The second-order valence-electron chi connectivity index (χ2n) is 15.7. The van der Waals surface area contributed by atoms with Gasteiger partial charge in [-0.15, -0.1) is 0 Å². The molecule has 0 bridgehead atoms. The minimum Gasteiger partial charge on any atom is -0.462 e. The Morgan fingerprint density at radius 1 is 0.586 bits per heavy atom. The maximum absolute atomic E-state index is 12.8. The molecule has 0 saturated carbocycles. The number of esters is 2. The second kappa shape index (κ2) is 35.6. The smallest absolute Gasteiger partial charge is 0.306 e. The van der Waals surface area contributed by atoms with Crippen molar-refractivity contribution in [1.29, 1.82) is 0 Å². The molecule has 4 N–H and O–H groups in total. The predicted molar refractivity (Wildman–Crippen MR) is 229 cm³/mol. The van der Waals surface area contributed by atoms with Gasteiger partial charge in [0.1, 0.15) is 36.8 Å². The molecule has 58 heavy (non-hydrogen) atoms. The first-order valence-corrected chi connectivity index (χ1v) is 24.2. The van der Waals surface area contributed by atoms with Gasteiger partial charge in [-0.3, -0.25) is 14.1 Å². The Kier molecular flexibility index (Phi) is 33.1. The van der Waals surface area contributed by atoms with Gasteiger partial charge in [0.25, 0.3) is 10.1 Å². The number of unbranched alkanes of at least 4 members (excludes halogenated alkanes) is 19. The first-order chi connectivity index (χ1) is 28.0. The molecule has 6 atom stereocenters. The van der Waals surface area contributed by atoms with Crippen molar-refractivity contribution in [1.82, 2.24) is 0 Å². The summed E-state index contributed by atoms with van der Waals surface area (Å²) in [5.74, 6) is -2.03. The van der Waals surface area contributed by atoms with Crippen molar-refractivity contribution in [3.63, 3.8) is 0 Å². The van der Waals surface area contributed by atoms with Crippen LogP contribution in [-0.2, 0) is 38.7 Å². The number of aliphatic hydroxyl groups is 3. The molecule has 0 radical (unpaired) electrons. The number of aliphatic hydroxyl groups excluding tert-OH is 3. The van der Waals surface area contributed by atoms with Crippen LogP contribution in [0.4, 0.5) is 0 Å². The van der Waals surface area contributed by atoms with E-state index in [1.165, 1.54) is 77.0 Å². The summed E-state index contributed by atoms with van der Waals surface area (Å²) in [4.78, 5) is 25.4. The van der Waals surface area contributed by atoms with Gasteiger partial charge in [0.15, 0.2) is 12.4 Å². The molecule has 1 aliphatic heterocycles. The zero-order valence-corrected chi connectivity index (χ0v) is 36.7. The van der Waals surface area contributed by atoms with E-state index in [1.807, 2.05) is 0 Å². The zero-order valence-electron chi connectivity index (χ0n) is 35.9. The molecule has 338 valence electrons. The Bertz CT molecular complexity index is 1220. The number of ether oxygens (including phenoxy) is 4. The lowest BCUT2D eigenvalue weighted by Gasteiger charge is -2.40. The van der Waals surface area contributed by atoms with Gasteiger partial charge in [-0.25, -0.2) is 0 Å². The van der Waals surface area contributed by atoms with Gasteiger partial charge < -0.3 is 34.3 Å². The highest BCUT2D eigenvalue weighted by Gasteiger charge is 2.46. The fourth-order valence-electron chi connectivity index (χ4n) is 6.64. The van der Waals surface area contributed by atoms with E-state index in [4.69, 9.17) is 18.9 Å². The molecule has 0 aromatic rings. The molecule has 1 aliphatic rings. The van der Waals surface area contributed by atoms with Crippen molar-refractivity contribution in [2.45, 2.75) is 218 Å². The average Bonchev–Trinajstić information content (AvgIpc) is 3.18. The van der Waals surface area contributed by atoms with E-state index in [9.17, 15) is 37.9 Å². The highest BCUT2D eigenvalue weighted by Crippen LogP contribution is 2.24. The van der Waals surface area contributed by atoms with E-state index >= 15 is 0 Å². The third kappa shape index (κ3) is 30.0. The van der Waals surface area contributed by atoms with Crippen molar-refractivity contribution in [2.75, 3.05) is 19.0 Å². The van der Waals surface area contributed by atoms with E-state index < -0.39 is 71.2 Å². The summed E-state index contributed by atoms with van der Waals surface area (Å²) in [6.07, 6.45) is 30.5. The van der Waals surface area contributed by atoms with E-state index in [0.717, 1.165) is 64.2 Å². The molecule has 0 aromatic carbocycles. The van der Waals surface area contributed by atoms with Gasteiger partial charge in [-0.2, -0.15) is 8.42 Å². The number of carbonyl (C=O) groups is 2. The van der Waals surface area contributed by atoms with Gasteiger partial charge in [-0.05, 0) is 70.6 Å². The maximum atomic E-state index is 12.8. The number of carbonyl (C=O) groups excluding carboxylic acids is 2. The van der Waals surface area contributed by atoms with Crippen molar-refractivity contribution >= 4 is 22.1 Å². The molecular formula is C45H80O12S. The van der Waals surface area contributed by atoms with Gasteiger partial charge in [0.2, 0.25) is 0 Å². The first kappa shape index (κ1) is 53.9. The largest absolute Gasteiger partial charge is 0.462 e. The summed E-state index contributed by atoms with van der Waals surface area (Å²) in [5, 5.41) is 30.9. The molecule has 1 unspecified atom stereocenters. The molecule has 13 heteroatoms. The van der Waals surface area contributed by atoms with Crippen LogP contribution in [0.5, 0.6) is 0 Å². The van der Waals surface area contributed by atoms with Crippen LogP contribution in [0.15, 0.2) is 36.5 Å². The molecule has 1 heterocycles. The molecule has 1 rings (SSSR count). The van der Waals surface area contributed by atoms with Crippen LogP contribution in [-0.4, -0.2) is 96.0 Å². The number of hydrogen-bond acceptors (Lipinski definition) is 11. The van der Waals surface area contributed by atoms with Crippen LogP contribution in [0, 0.1) is 0 Å². The Labute approximate surface area is 351 Å². The molecule has 1 fully saturated rings. The van der Waals surface area contributed by atoms with Crippen molar-refractivity contribution < 1.29 is 56.8 Å². The number of rotatable bonds is 37. The summed E-state index contributed by atoms with van der Waals surface area (Å²) in [7, 11) is -4.61. The van der Waals surface area contributed by atoms with Gasteiger partial charge in [0, 0.05) is 12.8 Å². The summed E-state index contributed by atoms with van der Waals surface area (Å²) in [5.41, 5.74) is 0. The van der Waals surface area contributed by atoms with Gasteiger partial charge in [-0.1, -0.05) is 134 Å². The van der Waals surface area contributed by atoms with Crippen molar-refractivity contribution in [3.05, 3.63) is 36.5 Å². The Hall–Kier alpha value is -2.13. The summed E-state index contributed by atoms with van der Waals surface area (Å²) in [6.45, 7) is 3.71. The lowest BCUT2D eigenvalue weighted by Crippen LogP contribution is -2.60. The Balaban J connectivity index is 2.49. The number of hydrogen-bond donors (Lipinski definition) is 4. The Morgan fingerprint density at radius 3 is 1.57 bits per heavy atom. The minimum absolute atomic E-state index is 0.148. The van der Waals surface area contributed by atoms with Crippen LogP contribution in [0.3, 0.4) is 0 Å². The lowest BCUT2D eigenvalue weighted by atomic mass is 10.00. The number of allylic oxidation sites excluding steroid dienone is 6. The SMILES string of the molecule is CCCCCCCC/C=C\C/C=C\CCCCC(=O)OCC(CO[C@H]1O[C@H](CS(=O)(=O)O)[C@@H](O)[C@H](O)[C@H]1O)OC(=O)CCCCCCC/C=C\CCCCCCCC. The minimum atomic E-state index is -4.61. The maximum Gasteiger partial charge on any atom is 0.306 e. The summed E-state index contributed by atoms with van der Waals surface area (Å²) in [6, 6.07) is 0. The van der Waals surface area contributed by atoms with Crippen LogP contribution in [0.25, 0.3) is 0 Å². The fourth-order valence-corrected chi connectivity index (χ4v) is 7.33. The summed E-state index contributed by atoms with van der Waals surface area (Å²) < 4.78 is 54.0. The standard InChI is InChI=1S/C45H80O12S/c1-3-5-7-9-11-13-15-17-19-21-23-25-27-29-31-33-40(46)54-35-38(36-55-45-44(50)43(49)42(48)39(57-45)37-58(51,52)53)56-41(47)34-32-30-28-26-24-22-20-18-16-14-12-10-8-6-4-2/h17-20,23,25,38-39,42-45,48-50H,3-16,21-22,24,26-37H2,1-2H3,(H,51,52,53)/b19-17-,20-18-,25-23-/t38?,39-,42-,43+,44-,45+/m1/s1. The fraction of sp³-hybridized carbons (Fsp3) is 0.822. The third-order valence-corrected chi connectivity index (χ3v) is 10.9. The quantitative estimate of drug-likeness (QED) is 0.0202. The van der Waals surface area contributed by atoms with Gasteiger partial charge in [0.05, 0.1) is 6.61 Å². The molecular weight excluding hydrogens is 765 g/mol. The van der Waals surface area contributed by atoms with Crippen LogP contribution in [0.1, 0.15) is 181 Å². The van der Waals surface area contributed by atoms with Gasteiger partial charge >= 0.3 is 11.9 Å². The molecule has 0 amide bonds. The van der Waals surface area contributed by atoms with E-state index in [-0.39, 0.29) is 19.4 Å². The van der Waals surface area contributed by atoms with Crippen molar-refractivity contribution in [2.24, 2.45) is 0 Å². The third-order valence-electron chi connectivity index (χ3n) is 10.2. The normalized spacial score (nSPS) is 20.7.